The van der Waals surface area contributed by atoms with Gasteiger partial charge >= 0.3 is 0 Å². The van der Waals surface area contributed by atoms with Gasteiger partial charge in [0.05, 0.1) is 0 Å². The summed E-state index contributed by atoms with van der Waals surface area (Å²) in [6, 6.07) is 3.49. The van der Waals surface area contributed by atoms with E-state index in [9.17, 15) is 4.79 Å². The van der Waals surface area contributed by atoms with Crippen molar-refractivity contribution >= 4 is 17.7 Å². The number of hydrogen-bond donors (Lipinski definition) is 1. The topological polar surface area (TPSA) is 51.2 Å². The van der Waals surface area contributed by atoms with E-state index in [-0.39, 0.29) is 12.0 Å². The third-order valence-electron chi connectivity index (χ3n) is 3.99. The summed E-state index contributed by atoms with van der Waals surface area (Å²) in [7, 11) is 0. The van der Waals surface area contributed by atoms with E-state index >= 15 is 0 Å². The van der Waals surface area contributed by atoms with Gasteiger partial charge in [0.15, 0.2) is 0 Å². The van der Waals surface area contributed by atoms with Gasteiger partial charge in [-0.25, -0.2) is 4.98 Å². The van der Waals surface area contributed by atoms with Crippen molar-refractivity contribution in [2.75, 3.05) is 18.1 Å². The van der Waals surface area contributed by atoms with Crippen LogP contribution in [0.4, 0.5) is 0 Å². The zero-order chi connectivity index (χ0) is 16.3. The molecule has 1 aliphatic rings. The van der Waals surface area contributed by atoms with Crippen molar-refractivity contribution in [1.29, 1.82) is 0 Å². The lowest BCUT2D eigenvalue weighted by atomic mass is 10.1. The first-order valence-electron chi connectivity index (χ1n) is 8.78. The van der Waals surface area contributed by atoms with Gasteiger partial charge in [-0.05, 0) is 24.7 Å². The van der Waals surface area contributed by atoms with Crippen LogP contribution in [0.2, 0.25) is 0 Å². The summed E-state index contributed by atoms with van der Waals surface area (Å²) >= 11 is 1.90. The van der Waals surface area contributed by atoms with Crippen molar-refractivity contribution in [2.45, 2.75) is 58.0 Å². The lowest BCUT2D eigenvalue weighted by Crippen LogP contribution is -2.24. The number of amides is 1. The van der Waals surface area contributed by atoms with Gasteiger partial charge in [0.25, 0.3) is 5.91 Å². The molecule has 1 unspecified atom stereocenters. The average molecular weight is 337 g/mol. The minimum Gasteiger partial charge on any atom is -0.473 e. The number of nitrogens with one attached hydrogen (secondary N) is 1. The summed E-state index contributed by atoms with van der Waals surface area (Å²) in [6.45, 7) is 2.96. The third-order valence-corrected chi connectivity index (χ3v) is 5.12. The zero-order valence-electron chi connectivity index (χ0n) is 14.1. The van der Waals surface area contributed by atoms with Crippen molar-refractivity contribution in [2.24, 2.45) is 0 Å². The number of aromatic nitrogens is 1. The fourth-order valence-electron chi connectivity index (χ4n) is 2.60. The highest BCUT2D eigenvalue weighted by atomic mass is 32.2. The van der Waals surface area contributed by atoms with Gasteiger partial charge in [-0.2, -0.15) is 11.8 Å². The van der Waals surface area contributed by atoms with Crippen LogP contribution < -0.4 is 10.1 Å². The minimum atomic E-state index is -0.0356. The first kappa shape index (κ1) is 18.1. The average Bonchev–Trinajstić information content (AvgIpc) is 3.07. The summed E-state index contributed by atoms with van der Waals surface area (Å²) < 4.78 is 5.83. The molecule has 0 aromatic carbocycles. The number of pyridine rings is 1. The Hall–Kier alpha value is -1.23. The van der Waals surface area contributed by atoms with Crippen LogP contribution in [0.15, 0.2) is 18.3 Å². The highest BCUT2D eigenvalue weighted by Crippen LogP contribution is 2.22. The normalized spacial score (nSPS) is 17.2. The van der Waals surface area contributed by atoms with E-state index in [1.54, 1.807) is 18.3 Å². The first-order chi connectivity index (χ1) is 11.3. The fourth-order valence-corrected chi connectivity index (χ4v) is 3.69. The first-order valence-corrected chi connectivity index (χ1v) is 9.93. The van der Waals surface area contributed by atoms with Gasteiger partial charge in [-0.3, -0.25) is 4.79 Å². The van der Waals surface area contributed by atoms with Gasteiger partial charge in [0.1, 0.15) is 6.10 Å². The maximum Gasteiger partial charge on any atom is 0.251 e. The molecular weight excluding hydrogens is 308 g/mol. The van der Waals surface area contributed by atoms with Crippen molar-refractivity contribution in [3.05, 3.63) is 23.9 Å². The monoisotopic (exact) mass is 336 g/mol. The second-order valence-corrected chi connectivity index (χ2v) is 7.16. The molecule has 1 aliphatic heterocycles. The Bertz CT molecular complexity index is 476. The number of hydrogen-bond acceptors (Lipinski definition) is 4. The Morgan fingerprint density at radius 3 is 2.96 bits per heavy atom. The quantitative estimate of drug-likeness (QED) is 0.655. The number of rotatable bonds is 10. The predicted octanol–water partition coefficient (Wildman–Crippen LogP) is 4.06. The Kier molecular flexibility index (Phi) is 8.29. The van der Waals surface area contributed by atoms with Gasteiger partial charge in [0, 0.05) is 30.1 Å². The Labute approximate surface area is 143 Å². The Balaban J connectivity index is 1.69. The van der Waals surface area contributed by atoms with E-state index in [2.05, 4.69) is 17.2 Å². The summed E-state index contributed by atoms with van der Waals surface area (Å²) in [6.07, 6.45) is 10.3. The van der Waals surface area contributed by atoms with E-state index in [4.69, 9.17) is 4.74 Å². The molecule has 1 saturated heterocycles. The van der Waals surface area contributed by atoms with Crippen molar-refractivity contribution in [3.63, 3.8) is 0 Å². The molecule has 4 nitrogen and oxygen atoms in total. The molecule has 1 fully saturated rings. The summed E-state index contributed by atoms with van der Waals surface area (Å²) in [5.74, 6) is 2.68. The molecule has 1 atom stereocenters. The van der Waals surface area contributed by atoms with Gasteiger partial charge in [-0.1, -0.05) is 39.0 Å². The van der Waals surface area contributed by atoms with E-state index in [1.165, 1.54) is 32.1 Å². The highest BCUT2D eigenvalue weighted by Gasteiger charge is 2.18. The van der Waals surface area contributed by atoms with E-state index in [0.717, 1.165) is 30.9 Å². The molecule has 0 spiro atoms. The largest absolute Gasteiger partial charge is 0.473 e. The highest BCUT2D eigenvalue weighted by molar-refractivity contribution is 7.99. The van der Waals surface area contributed by atoms with Crippen molar-refractivity contribution < 1.29 is 9.53 Å². The van der Waals surface area contributed by atoms with Crippen LogP contribution in [0.25, 0.3) is 0 Å². The predicted molar refractivity (Wildman–Crippen MR) is 96.3 cm³/mol. The molecule has 0 radical (unpaired) electrons. The smallest absolute Gasteiger partial charge is 0.251 e. The molecule has 2 heterocycles. The lowest BCUT2D eigenvalue weighted by molar-refractivity contribution is 0.0952. The van der Waals surface area contributed by atoms with Crippen LogP contribution >= 0.6 is 11.8 Å². The SMILES string of the molecule is CCCCCCCCNC(=O)c1ccnc(OC2CCSC2)c1. The second-order valence-electron chi connectivity index (χ2n) is 6.01. The van der Waals surface area contributed by atoms with Crippen molar-refractivity contribution in [3.8, 4) is 5.88 Å². The summed E-state index contributed by atoms with van der Waals surface area (Å²) in [5.41, 5.74) is 0.631. The van der Waals surface area contributed by atoms with Crippen molar-refractivity contribution in [1.82, 2.24) is 10.3 Å². The van der Waals surface area contributed by atoms with Crippen LogP contribution in [0, 0.1) is 0 Å². The van der Waals surface area contributed by atoms with Crippen LogP contribution in [-0.2, 0) is 0 Å². The lowest BCUT2D eigenvalue weighted by Gasteiger charge is -2.12. The molecule has 1 amide bonds. The summed E-state index contributed by atoms with van der Waals surface area (Å²) in [5, 5.41) is 2.98. The Morgan fingerprint density at radius 1 is 1.35 bits per heavy atom. The number of carbonyl (C=O) groups excluding carboxylic acids is 1. The number of nitrogens with zero attached hydrogens (tertiary/aromatic N) is 1. The van der Waals surface area contributed by atoms with E-state index in [0.29, 0.717) is 11.4 Å². The number of carbonyl (C=O) groups is 1. The standard InChI is InChI=1S/C18H28N2O2S/c1-2-3-4-5-6-7-10-20-18(21)15-8-11-19-17(13-15)22-16-9-12-23-14-16/h8,11,13,16H,2-7,9-10,12,14H2,1H3,(H,20,21). The molecule has 1 N–H and O–H groups in total. The second kappa shape index (κ2) is 10.5. The zero-order valence-corrected chi connectivity index (χ0v) is 14.9. The van der Waals surface area contributed by atoms with Gasteiger partial charge in [0.2, 0.25) is 5.88 Å². The molecular formula is C18H28N2O2S. The fraction of sp³-hybridized carbons (Fsp3) is 0.667. The van der Waals surface area contributed by atoms with Crippen LogP contribution in [-0.4, -0.2) is 35.0 Å². The van der Waals surface area contributed by atoms with Crippen LogP contribution in [0.3, 0.4) is 0 Å². The summed E-state index contributed by atoms with van der Waals surface area (Å²) in [4.78, 5) is 16.4. The molecule has 0 bridgehead atoms. The van der Waals surface area contributed by atoms with Crippen LogP contribution in [0.5, 0.6) is 5.88 Å². The van der Waals surface area contributed by atoms with Crippen LogP contribution in [0.1, 0.15) is 62.2 Å². The molecule has 128 valence electrons. The molecule has 1 aromatic rings. The molecule has 5 heteroatoms. The number of thioether (sulfide) groups is 1. The number of unbranched alkanes of at least 4 members (excludes halogenated alkanes) is 5. The minimum absolute atomic E-state index is 0.0356. The molecule has 2 rings (SSSR count). The van der Waals surface area contributed by atoms with Gasteiger partial charge in [-0.15, -0.1) is 0 Å². The molecule has 0 aliphatic carbocycles. The molecule has 23 heavy (non-hydrogen) atoms. The molecule has 1 aromatic heterocycles. The van der Waals surface area contributed by atoms with E-state index in [1.807, 2.05) is 11.8 Å². The Morgan fingerprint density at radius 2 is 2.17 bits per heavy atom. The van der Waals surface area contributed by atoms with Gasteiger partial charge < -0.3 is 10.1 Å². The maximum absolute atomic E-state index is 12.2. The number of ether oxygens (including phenoxy) is 1. The third kappa shape index (κ3) is 6.81. The maximum atomic E-state index is 12.2. The molecule has 0 saturated carbocycles. The van der Waals surface area contributed by atoms with E-state index < -0.39 is 0 Å².